The van der Waals surface area contributed by atoms with Gasteiger partial charge in [-0.25, -0.2) is 0 Å². The maximum absolute atomic E-state index is 12.6. The predicted molar refractivity (Wildman–Crippen MR) is 92.2 cm³/mol. The van der Waals surface area contributed by atoms with Crippen LogP contribution in [0, 0.1) is 6.92 Å². The summed E-state index contributed by atoms with van der Waals surface area (Å²) in [6.07, 6.45) is 1.52. The van der Waals surface area contributed by atoms with Crippen LogP contribution < -0.4 is 10.1 Å². The summed E-state index contributed by atoms with van der Waals surface area (Å²) < 4.78 is 10.4. The van der Waals surface area contributed by atoms with Crippen LogP contribution in [-0.4, -0.2) is 13.0 Å². The van der Waals surface area contributed by atoms with Crippen LogP contribution in [0.5, 0.6) is 5.75 Å². The Morgan fingerprint density at radius 1 is 1.00 bits per heavy atom. The zero-order valence-corrected chi connectivity index (χ0v) is 13.7. The number of aryl methyl sites for hydroxylation is 1. The number of amides is 1. The zero-order valence-electron chi connectivity index (χ0n) is 13.7. The fraction of sp³-hybridized carbons (Fsp3) is 0.150. The molecule has 1 heterocycles. The molecule has 4 nitrogen and oxygen atoms in total. The van der Waals surface area contributed by atoms with Crippen molar-refractivity contribution in [2.45, 2.75) is 13.0 Å². The Morgan fingerprint density at radius 2 is 1.67 bits per heavy atom. The van der Waals surface area contributed by atoms with Gasteiger partial charge in [0.25, 0.3) is 5.91 Å². The molecule has 0 aliphatic heterocycles. The highest BCUT2D eigenvalue weighted by Crippen LogP contribution is 2.25. The molecule has 0 radical (unpaired) electrons. The zero-order chi connectivity index (χ0) is 16.9. The van der Waals surface area contributed by atoms with Crippen LogP contribution >= 0.6 is 0 Å². The van der Waals surface area contributed by atoms with E-state index < -0.39 is 0 Å². The minimum Gasteiger partial charge on any atom is -0.497 e. The average molecular weight is 321 g/mol. The first kappa shape index (κ1) is 15.9. The van der Waals surface area contributed by atoms with Gasteiger partial charge in [0.05, 0.1) is 25.0 Å². The molecule has 0 unspecified atom stereocenters. The molecule has 0 aliphatic carbocycles. The molecule has 0 aliphatic rings. The first-order chi connectivity index (χ1) is 11.7. The van der Waals surface area contributed by atoms with Gasteiger partial charge in [-0.05, 0) is 36.2 Å². The van der Waals surface area contributed by atoms with Crippen molar-refractivity contribution >= 4 is 5.91 Å². The molecule has 1 amide bonds. The number of rotatable bonds is 5. The number of hydrogen-bond acceptors (Lipinski definition) is 3. The molecule has 1 N–H and O–H groups in total. The molecule has 2 aromatic carbocycles. The lowest BCUT2D eigenvalue weighted by molar-refractivity contribution is 0.0941. The third-order valence-corrected chi connectivity index (χ3v) is 3.96. The highest BCUT2D eigenvalue weighted by Gasteiger charge is 2.19. The molecule has 0 saturated carbocycles. The molecule has 24 heavy (non-hydrogen) atoms. The van der Waals surface area contributed by atoms with Crippen LogP contribution in [0.1, 0.15) is 33.3 Å². The van der Waals surface area contributed by atoms with Gasteiger partial charge in [0.2, 0.25) is 0 Å². The van der Waals surface area contributed by atoms with E-state index in [2.05, 4.69) is 5.32 Å². The number of carbonyl (C=O) groups excluding carboxylic acids is 1. The second-order valence-electron chi connectivity index (χ2n) is 5.48. The van der Waals surface area contributed by atoms with E-state index in [4.69, 9.17) is 9.15 Å². The molecular formula is C20H19NO3. The van der Waals surface area contributed by atoms with E-state index in [0.717, 1.165) is 16.9 Å². The van der Waals surface area contributed by atoms with Gasteiger partial charge < -0.3 is 14.5 Å². The third kappa shape index (κ3) is 3.33. The molecule has 122 valence electrons. The van der Waals surface area contributed by atoms with Crippen molar-refractivity contribution in [1.29, 1.82) is 0 Å². The van der Waals surface area contributed by atoms with E-state index in [1.54, 1.807) is 20.1 Å². The van der Waals surface area contributed by atoms with Crippen molar-refractivity contribution in [3.05, 3.63) is 89.4 Å². The Bertz CT molecular complexity index is 806. The van der Waals surface area contributed by atoms with Crippen LogP contribution in [0.25, 0.3) is 0 Å². The van der Waals surface area contributed by atoms with Gasteiger partial charge in [0.1, 0.15) is 11.5 Å². The van der Waals surface area contributed by atoms with Crippen molar-refractivity contribution < 1.29 is 13.9 Å². The Morgan fingerprint density at radius 3 is 2.25 bits per heavy atom. The topological polar surface area (TPSA) is 51.5 Å². The van der Waals surface area contributed by atoms with Crippen molar-refractivity contribution in [3.8, 4) is 5.75 Å². The largest absolute Gasteiger partial charge is 0.497 e. The smallest absolute Gasteiger partial charge is 0.255 e. The highest BCUT2D eigenvalue weighted by molar-refractivity contribution is 5.95. The second-order valence-corrected chi connectivity index (χ2v) is 5.48. The number of nitrogens with one attached hydrogen (secondary N) is 1. The van der Waals surface area contributed by atoms with Gasteiger partial charge in [0, 0.05) is 0 Å². The van der Waals surface area contributed by atoms with Crippen molar-refractivity contribution in [2.75, 3.05) is 7.11 Å². The summed E-state index contributed by atoms with van der Waals surface area (Å²) in [5.74, 6) is 1.22. The number of benzene rings is 2. The normalized spacial score (nSPS) is 11.8. The summed E-state index contributed by atoms with van der Waals surface area (Å²) in [5.41, 5.74) is 2.54. The lowest BCUT2D eigenvalue weighted by atomic mass is 9.98. The van der Waals surface area contributed by atoms with Gasteiger partial charge >= 0.3 is 0 Å². The van der Waals surface area contributed by atoms with Crippen molar-refractivity contribution in [2.24, 2.45) is 0 Å². The summed E-state index contributed by atoms with van der Waals surface area (Å²) >= 11 is 0. The molecule has 4 heteroatoms. The second kappa shape index (κ2) is 7.04. The number of hydrogen-bond donors (Lipinski definition) is 1. The Kier molecular flexibility index (Phi) is 4.66. The maximum Gasteiger partial charge on any atom is 0.255 e. The van der Waals surface area contributed by atoms with E-state index in [9.17, 15) is 4.79 Å². The molecule has 1 atom stereocenters. The van der Waals surface area contributed by atoms with Gasteiger partial charge in [-0.1, -0.05) is 42.5 Å². The van der Waals surface area contributed by atoms with Crippen LogP contribution in [-0.2, 0) is 0 Å². The van der Waals surface area contributed by atoms with E-state index in [0.29, 0.717) is 11.3 Å². The van der Waals surface area contributed by atoms with E-state index in [1.807, 2.05) is 54.6 Å². The lowest BCUT2D eigenvalue weighted by Crippen LogP contribution is -2.29. The Balaban J connectivity index is 1.93. The summed E-state index contributed by atoms with van der Waals surface area (Å²) in [5, 5.41) is 3.09. The predicted octanol–water partition coefficient (Wildman–Crippen LogP) is 4.12. The van der Waals surface area contributed by atoms with Crippen molar-refractivity contribution in [1.82, 2.24) is 5.32 Å². The quantitative estimate of drug-likeness (QED) is 0.769. The van der Waals surface area contributed by atoms with E-state index in [1.165, 1.54) is 6.26 Å². The van der Waals surface area contributed by atoms with Gasteiger partial charge in [-0.2, -0.15) is 0 Å². The van der Waals surface area contributed by atoms with Crippen molar-refractivity contribution in [3.63, 3.8) is 0 Å². The average Bonchev–Trinajstić information content (AvgIpc) is 3.06. The number of methoxy groups -OCH3 is 1. The minimum atomic E-state index is -0.251. The Hall–Kier alpha value is -3.01. The summed E-state index contributed by atoms with van der Waals surface area (Å²) in [7, 11) is 1.63. The third-order valence-electron chi connectivity index (χ3n) is 3.96. The first-order valence-electron chi connectivity index (χ1n) is 7.73. The van der Waals surface area contributed by atoms with Gasteiger partial charge in [-0.3, -0.25) is 4.79 Å². The molecule has 1 aromatic heterocycles. The molecule has 3 rings (SSSR count). The number of ether oxygens (including phenoxy) is 1. The Labute approximate surface area is 141 Å². The molecule has 0 spiro atoms. The van der Waals surface area contributed by atoms with E-state index >= 15 is 0 Å². The van der Waals surface area contributed by atoms with E-state index in [-0.39, 0.29) is 11.9 Å². The first-order valence-corrected chi connectivity index (χ1v) is 7.73. The minimum absolute atomic E-state index is 0.161. The monoisotopic (exact) mass is 321 g/mol. The summed E-state index contributed by atoms with van der Waals surface area (Å²) in [6.45, 7) is 1.78. The molecule has 0 saturated heterocycles. The van der Waals surface area contributed by atoms with Crippen LogP contribution in [0.15, 0.2) is 71.3 Å². The molecular weight excluding hydrogens is 302 g/mol. The van der Waals surface area contributed by atoms with Gasteiger partial charge in [0.15, 0.2) is 0 Å². The summed E-state index contributed by atoms with van der Waals surface area (Å²) in [4.78, 5) is 12.6. The lowest BCUT2D eigenvalue weighted by Gasteiger charge is -2.20. The SMILES string of the molecule is COc1ccc([C@@H](NC(=O)c2ccoc2C)c2ccccc2)cc1. The number of carbonyl (C=O) groups is 1. The van der Waals surface area contributed by atoms with Crippen LogP contribution in [0.2, 0.25) is 0 Å². The van der Waals surface area contributed by atoms with Gasteiger partial charge in [-0.15, -0.1) is 0 Å². The molecule has 3 aromatic rings. The molecule has 0 fully saturated rings. The highest BCUT2D eigenvalue weighted by atomic mass is 16.5. The standard InChI is InChI=1S/C20H19NO3/c1-14-18(12-13-24-14)20(22)21-19(15-6-4-3-5-7-15)16-8-10-17(23-2)11-9-16/h3-13,19H,1-2H3,(H,21,22)/t19-/m0/s1. The molecule has 0 bridgehead atoms. The fourth-order valence-electron chi connectivity index (χ4n) is 2.63. The summed E-state index contributed by atoms with van der Waals surface area (Å²) in [6, 6.07) is 19.0. The maximum atomic E-state index is 12.6. The number of furan rings is 1. The fourth-order valence-corrected chi connectivity index (χ4v) is 2.63. The van der Waals surface area contributed by atoms with Crippen LogP contribution in [0.4, 0.5) is 0 Å². The van der Waals surface area contributed by atoms with Crippen LogP contribution in [0.3, 0.4) is 0 Å².